The minimum atomic E-state index is -0.936. The van der Waals surface area contributed by atoms with E-state index in [0.29, 0.717) is 0 Å². The predicted octanol–water partition coefficient (Wildman–Crippen LogP) is 4.24. The molecule has 0 amide bonds. The normalized spacial score (nSPS) is 11.6. The molecule has 0 aliphatic carbocycles. The molecule has 100 valence electrons. The first-order chi connectivity index (χ1) is 8.80. The third kappa shape index (κ3) is 2.73. The van der Waals surface area contributed by atoms with Gasteiger partial charge in [0.05, 0.1) is 0 Å². The fourth-order valence-electron chi connectivity index (χ4n) is 2.11. The number of hydrogen-bond acceptors (Lipinski definition) is 1. The summed E-state index contributed by atoms with van der Waals surface area (Å²) in [6.07, 6.45) is 1.79. The van der Waals surface area contributed by atoms with Gasteiger partial charge in [0.1, 0.15) is 5.69 Å². The number of aromatic carboxylic acids is 1. The second-order valence-corrected chi connectivity index (χ2v) is 6.40. The fraction of sp³-hybridized carbons (Fsp3) is 0.267. The molecule has 2 rings (SSSR count). The fourth-order valence-corrected chi connectivity index (χ4v) is 2.53. The van der Waals surface area contributed by atoms with Crippen molar-refractivity contribution in [3.05, 3.63) is 52.3 Å². The summed E-state index contributed by atoms with van der Waals surface area (Å²) in [5.74, 6) is -0.936. The molecule has 1 N–H and O–H groups in total. The number of nitrogens with zero attached hydrogens (tertiary/aromatic N) is 1. The second kappa shape index (κ2) is 4.85. The van der Waals surface area contributed by atoms with Gasteiger partial charge in [-0.1, -0.05) is 39.0 Å². The van der Waals surface area contributed by atoms with E-state index in [4.69, 9.17) is 0 Å². The highest BCUT2D eigenvalue weighted by atomic mass is 79.9. The molecule has 3 nitrogen and oxygen atoms in total. The summed E-state index contributed by atoms with van der Waals surface area (Å²) in [7, 11) is 0. The lowest BCUT2D eigenvalue weighted by atomic mass is 9.85. The first-order valence-corrected chi connectivity index (χ1v) is 6.81. The number of aromatic nitrogens is 1. The Morgan fingerprint density at radius 3 is 2.47 bits per heavy atom. The Morgan fingerprint density at radius 2 is 1.89 bits per heavy atom. The molecule has 0 fully saturated rings. The average Bonchev–Trinajstić information content (AvgIpc) is 2.70. The van der Waals surface area contributed by atoms with Crippen LogP contribution in [0.1, 0.15) is 36.8 Å². The zero-order valence-electron chi connectivity index (χ0n) is 11.1. The van der Waals surface area contributed by atoms with Gasteiger partial charge in [0.2, 0.25) is 0 Å². The van der Waals surface area contributed by atoms with Gasteiger partial charge in [-0.15, -0.1) is 0 Å². The van der Waals surface area contributed by atoms with Crippen LogP contribution in [0.4, 0.5) is 0 Å². The van der Waals surface area contributed by atoms with Crippen molar-refractivity contribution in [2.24, 2.45) is 0 Å². The molecule has 1 aromatic carbocycles. The number of rotatable bonds is 2. The molecule has 4 heteroatoms. The molecule has 0 spiro atoms. The maximum Gasteiger partial charge on any atom is 0.352 e. The van der Waals surface area contributed by atoms with Crippen molar-refractivity contribution in [2.75, 3.05) is 0 Å². The van der Waals surface area contributed by atoms with Gasteiger partial charge in [0.25, 0.3) is 0 Å². The summed E-state index contributed by atoms with van der Waals surface area (Å²) >= 11 is 3.34. The third-order valence-corrected chi connectivity index (χ3v) is 3.41. The van der Waals surface area contributed by atoms with Crippen molar-refractivity contribution in [1.82, 2.24) is 4.57 Å². The van der Waals surface area contributed by atoms with E-state index < -0.39 is 5.97 Å². The van der Waals surface area contributed by atoms with Gasteiger partial charge in [0, 0.05) is 16.4 Å². The van der Waals surface area contributed by atoms with Gasteiger partial charge >= 0.3 is 5.97 Å². The Hall–Kier alpha value is -1.55. The lowest BCUT2D eigenvalue weighted by Crippen LogP contribution is -2.16. The van der Waals surface area contributed by atoms with E-state index in [1.807, 2.05) is 24.3 Å². The molecule has 1 aromatic heterocycles. The number of carbonyl (C=O) groups is 1. The van der Waals surface area contributed by atoms with E-state index >= 15 is 0 Å². The highest BCUT2D eigenvalue weighted by molar-refractivity contribution is 9.10. The zero-order valence-corrected chi connectivity index (χ0v) is 12.7. The van der Waals surface area contributed by atoms with Crippen LogP contribution in [0, 0.1) is 0 Å². The molecule has 0 aliphatic rings. The first-order valence-electron chi connectivity index (χ1n) is 6.02. The topological polar surface area (TPSA) is 42.2 Å². The number of halogens is 1. The minimum Gasteiger partial charge on any atom is -0.477 e. The van der Waals surface area contributed by atoms with Crippen LogP contribution in [0.15, 0.2) is 41.0 Å². The molecular weight excluding hydrogens is 306 g/mol. The van der Waals surface area contributed by atoms with E-state index in [2.05, 4.69) is 36.7 Å². The van der Waals surface area contributed by atoms with Crippen molar-refractivity contribution in [1.29, 1.82) is 0 Å². The Bertz CT molecular complexity index is 623. The van der Waals surface area contributed by atoms with E-state index in [9.17, 15) is 9.90 Å². The monoisotopic (exact) mass is 321 g/mol. The van der Waals surface area contributed by atoms with Crippen molar-refractivity contribution in [3.8, 4) is 5.69 Å². The summed E-state index contributed by atoms with van der Waals surface area (Å²) in [5, 5.41) is 9.29. The van der Waals surface area contributed by atoms with Gasteiger partial charge in [-0.25, -0.2) is 4.79 Å². The highest BCUT2D eigenvalue weighted by Gasteiger charge is 2.21. The van der Waals surface area contributed by atoms with Gasteiger partial charge < -0.3 is 9.67 Å². The van der Waals surface area contributed by atoms with Crippen LogP contribution in [-0.2, 0) is 5.41 Å². The maximum atomic E-state index is 11.3. The van der Waals surface area contributed by atoms with Gasteiger partial charge in [-0.2, -0.15) is 0 Å². The van der Waals surface area contributed by atoms with Crippen molar-refractivity contribution >= 4 is 21.9 Å². The average molecular weight is 322 g/mol. The molecule has 1 heterocycles. The van der Waals surface area contributed by atoms with Crippen molar-refractivity contribution in [3.63, 3.8) is 0 Å². The van der Waals surface area contributed by atoms with Crippen LogP contribution >= 0.6 is 15.9 Å². The lowest BCUT2D eigenvalue weighted by Gasteiger charge is -2.23. The number of carboxylic acid groups (broad SMARTS) is 1. The summed E-state index contributed by atoms with van der Waals surface area (Å²) in [4.78, 5) is 11.3. The summed E-state index contributed by atoms with van der Waals surface area (Å²) in [5.41, 5.74) is 2.21. The van der Waals surface area contributed by atoms with Gasteiger partial charge in [0.15, 0.2) is 0 Å². The molecule has 0 radical (unpaired) electrons. The number of para-hydroxylation sites is 1. The standard InChI is InChI=1S/C15H16BrNO2/c1-15(2,3)11-6-4-5-7-12(11)17-9-10(16)8-13(17)14(18)19/h4-9H,1-3H3,(H,18,19). The second-order valence-electron chi connectivity index (χ2n) is 5.49. The molecule has 0 unspecified atom stereocenters. The smallest absolute Gasteiger partial charge is 0.352 e. The molecule has 19 heavy (non-hydrogen) atoms. The number of carboxylic acids is 1. The van der Waals surface area contributed by atoms with Crippen molar-refractivity contribution < 1.29 is 9.90 Å². The molecule has 0 bridgehead atoms. The molecule has 0 saturated carbocycles. The zero-order chi connectivity index (χ0) is 14.2. The van der Waals surface area contributed by atoms with Crippen LogP contribution in [0.3, 0.4) is 0 Å². The van der Waals surface area contributed by atoms with Gasteiger partial charge in [-0.3, -0.25) is 0 Å². The summed E-state index contributed by atoms with van der Waals surface area (Å²) < 4.78 is 2.47. The van der Waals surface area contributed by atoms with E-state index in [1.165, 1.54) is 0 Å². The molecular formula is C15H16BrNO2. The quantitative estimate of drug-likeness (QED) is 0.899. The van der Waals surface area contributed by atoms with Crippen LogP contribution in [-0.4, -0.2) is 15.6 Å². The van der Waals surface area contributed by atoms with Crippen LogP contribution in [0.25, 0.3) is 5.69 Å². The third-order valence-electron chi connectivity index (χ3n) is 2.98. The molecule has 0 saturated heterocycles. The Balaban J connectivity index is 2.70. The molecule has 2 aromatic rings. The lowest BCUT2D eigenvalue weighted by molar-refractivity contribution is 0.0688. The Morgan fingerprint density at radius 1 is 1.26 bits per heavy atom. The van der Waals surface area contributed by atoms with E-state index in [0.717, 1.165) is 15.7 Å². The van der Waals surface area contributed by atoms with Crippen LogP contribution in [0.5, 0.6) is 0 Å². The van der Waals surface area contributed by atoms with Gasteiger partial charge in [-0.05, 0) is 39.0 Å². The SMILES string of the molecule is CC(C)(C)c1ccccc1-n1cc(Br)cc1C(=O)O. The summed E-state index contributed by atoms with van der Waals surface area (Å²) in [6, 6.07) is 9.49. The molecule has 0 aliphatic heterocycles. The van der Waals surface area contributed by atoms with Crippen molar-refractivity contribution in [2.45, 2.75) is 26.2 Å². The predicted molar refractivity (Wildman–Crippen MR) is 79.1 cm³/mol. The first kappa shape index (κ1) is 13.9. The summed E-state index contributed by atoms with van der Waals surface area (Å²) in [6.45, 7) is 6.35. The largest absolute Gasteiger partial charge is 0.477 e. The Kier molecular flexibility index (Phi) is 3.54. The van der Waals surface area contributed by atoms with Crippen LogP contribution in [0.2, 0.25) is 0 Å². The van der Waals surface area contributed by atoms with E-state index in [-0.39, 0.29) is 11.1 Å². The van der Waals surface area contributed by atoms with E-state index in [1.54, 1.807) is 16.8 Å². The maximum absolute atomic E-state index is 11.3. The molecule has 0 atom stereocenters. The number of hydrogen-bond donors (Lipinski definition) is 1. The highest BCUT2D eigenvalue weighted by Crippen LogP contribution is 2.30. The number of benzene rings is 1. The Labute approximate surface area is 121 Å². The minimum absolute atomic E-state index is 0.0525. The van der Waals surface area contributed by atoms with Crippen LogP contribution < -0.4 is 0 Å².